The van der Waals surface area contributed by atoms with E-state index < -0.39 is 12.2 Å². The van der Waals surface area contributed by atoms with Crippen LogP contribution in [0.3, 0.4) is 0 Å². The van der Waals surface area contributed by atoms with Crippen LogP contribution in [0.4, 0.5) is 10.5 Å². The molecule has 0 saturated carbocycles. The van der Waals surface area contributed by atoms with Gasteiger partial charge < -0.3 is 10.1 Å². The molecule has 1 saturated heterocycles. The van der Waals surface area contributed by atoms with E-state index in [1.807, 2.05) is 48.7 Å². The number of fused-ring (bicyclic) bond motifs is 1. The van der Waals surface area contributed by atoms with Gasteiger partial charge in [0, 0.05) is 24.4 Å². The molecule has 8 nitrogen and oxygen atoms in total. The number of ether oxygens (including phenoxy) is 1. The van der Waals surface area contributed by atoms with Gasteiger partial charge in [0.25, 0.3) is 0 Å². The van der Waals surface area contributed by atoms with E-state index in [1.54, 1.807) is 34.9 Å². The van der Waals surface area contributed by atoms with Gasteiger partial charge in [-0.1, -0.05) is 30.3 Å². The van der Waals surface area contributed by atoms with E-state index in [-0.39, 0.29) is 18.2 Å². The maximum atomic E-state index is 13.2. The second-order valence-electron chi connectivity index (χ2n) is 8.08. The highest BCUT2D eigenvalue weighted by Crippen LogP contribution is 2.24. The monoisotopic (exact) mass is 454 g/mol. The fraction of sp³-hybridized carbons (Fsp3) is 0.154. The third-order valence-corrected chi connectivity index (χ3v) is 5.75. The SMILES string of the molecule is CC(=O)NC[C@H]1CN(c2ccc(C(=O)c3cnc4cc(-c5ccccc5)ccn34)cc2)C(=O)O1. The van der Waals surface area contributed by atoms with Crippen molar-refractivity contribution in [1.29, 1.82) is 0 Å². The zero-order valence-corrected chi connectivity index (χ0v) is 18.5. The van der Waals surface area contributed by atoms with Crippen LogP contribution in [0, 0.1) is 0 Å². The lowest BCUT2D eigenvalue weighted by atomic mass is 10.1. The van der Waals surface area contributed by atoms with Gasteiger partial charge in [0.05, 0.1) is 19.3 Å². The molecule has 34 heavy (non-hydrogen) atoms. The van der Waals surface area contributed by atoms with E-state index in [4.69, 9.17) is 4.74 Å². The van der Waals surface area contributed by atoms with Gasteiger partial charge in [0.1, 0.15) is 17.4 Å². The predicted octanol–water partition coefficient (Wildman–Crippen LogP) is 3.69. The molecule has 2 aromatic carbocycles. The molecule has 0 spiro atoms. The van der Waals surface area contributed by atoms with Crippen molar-refractivity contribution < 1.29 is 19.1 Å². The fourth-order valence-corrected chi connectivity index (χ4v) is 4.00. The molecule has 1 aliphatic heterocycles. The molecule has 2 amide bonds. The highest BCUT2D eigenvalue weighted by molar-refractivity contribution is 6.08. The summed E-state index contributed by atoms with van der Waals surface area (Å²) in [6.07, 6.45) is 2.52. The summed E-state index contributed by atoms with van der Waals surface area (Å²) in [5, 5.41) is 2.65. The van der Waals surface area contributed by atoms with Crippen molar-refractivity contribution in [3.05, 3.63) is 90.4 Å². The molecule has 0 radical (unpaired) electrons. The number of rotatable bonds is 6. The van der Waals surface area contributed by atoms with Crippen LogP contribution >= 0.6 is 0 Å². The number of nitrogens with zero attached hydrogens (tertiary/aromatic N) is 3. The lowest BCUT2D eigenvalue weighted by Gasteiger charge is -2.13. The van der Waals surface area contributed by atoms with Crippen molar-refractivity contribution in [3.8, 4) is 11.1 Å². The van der Waals surface area contributed by atoms with Crippen molar-refractivity contribution in [1.82, 2.24) is 14.7 Å². The normalized spacial score (nSPS) is 15.4. The van der Waals surface area contributed by atoms with Crippen LogP contribution in [-0.2, 0) is 9.53 Å². The molecule has 2 aromatic heterocycles. The van der Waals surface area contributed by atoms with Gasteiger partial charge >= 0.3 is 6.09 Å². The molecule has 1 N–H and O–H groups in total. The first kappa shape index (κ1) is 21.4. The number of benzene rings is 2. The average molecular weight is 454 g/mol. The minimum Gasteiger partial charge on any atom is -0.442 e. The van der Waals surface area contributed by atoms with Crippen LogP contribution in [0.2, 0.25) is 0 Å². The Labute approximate surface area is 195 Å². The third-order valence-electron chi connectivity index (χ3n) is 5.75. The number of aromatic nitrogens is 2. The zero-order chi connectivity index (χ0) is 23.7. The molecule has 0 bridgehead atoms. The first-order valence-corrected chi connectivity index (χ1v) is 10.9. The van der Waals surface area contributed by atoms with E-state index in [0.717, 1.165) is 11.1 Å². The zero-order valence-electron chi connectivity index (χ0n) is 18.5. The standard InChI is InChI=1S/C26H22N4O4/c1-17(31)27-14-22-16-30(26(33)34-22)21-9-7-19(8-10-21)25(32)23-15-28-24-13-20(11-12-29(23)24)18-5-3-2-4-6-18/h2-13,15,22H,14,16H2,1H3,(H,27,31)/t22-/m0/s1. The molecule has 170 valence electrons. The van der Waals surface area contributed by atoms with Crippen LogP contribution < -0.4 is 10.2 Å². The molecule has 0 unspecified atom stereocenters. The summed E-state index contributed by atoms with van der Waals surface area (Å²) in [6.45, 7) is 1.99. The summed E-state index contributed by atoms with van der Waals surface area (Å²) < 4.78 is 7.07. The first-order valence-electron chi connectivity index (χ1n) is 10.9. The first-order chi connectivity index (χ1) is 16.5. The van der Waals surface area contributed by atoms with Gasteiger partial charge in [0.2, 0.25) is 11.7 Å². The maximum absolute atomic E-state index is 13.2. The quantitative estimate of drug-likeness (QED) is 0.449. The molecule has 1 aliphatic rings. The van der Waals surface area contributed by atoms with Crippen LogP contribution in [-0.4, -0.2) is 46.4 Å². The topological polar surface area (TPSA) is 93.0 Å². The number of pyridine rings is 1. The van der Waals surface area contributed by atoms with Crippen LogP contribution in [0.5, 0.6) is 0 Å². The number of imidazole rings is 1. The number of ketones is 1. The molecule has 5 rings (SSSR count). The second-order valence-corrected chi connectivity index (χ2v) is 8.08. The molecule has 4 aromatic rings. The van der Waals surface area contributed by atoms with E-state index in [2.05, 4.69) is 10.3 Å². The highest BCUT2D eigenvalue weighted by Gasteiger charge is 2.32. The van der Waals surface area contributed by atoms with Crippen molar-refractivity contribution in [2.75, 3.05) is 18.0 Å². The number of nitrogens with one attached hydrogen (secondary N) is 1. The molecule has 8 heteroatoms. The minimum absolute atomic E-state index is 0.168. The molecule has 1 atom stereocenters. The Morgan fingerprint density at radius 1 is 1.06 bits per heavy atom. The van der Waals surface area contributed by atoms with Gasteiger partial charge in [-0.2, -0.15) is 0 Å². The lowest BCUT2D eigenvalue weighted by Crippen LogP contribution is -2.33. The van der Waals surface area contributed by atoms with Crippen molar-refractivity contribution in [2.45, 2.75) is 13.0 Å². The van der Waals surface area contributed by atoms with Crippen LogP contribution in [0.1, 0.15) is 23.0 Å². The van der Waals surface area contributed by atoms with E-state index in [9.17, 15) is 14.4 Å². The van der Waals surface area contributed by atoms with Crippen molar-refractivity contribution in [3.63, 3.8) is 0 Å². The largest absolute Gasteiger partial charge is 0.442 e. The van der Waals surface area contributed by atoms with Crippen molar-refractivity contribution >= 4 is 29.1 Å². The van der Waals surface area contributed by atoms with Crippen molar-refractivity contribution in [2.24, 2.45) is 0 Å². The summed E-state index contributed by atoms with van der Waals surface area (Å²) in [5.41, 5.74) is 4.36. The van der Waals surface area contributed by atoms with Crippen LogP contribution in [0.15, 0.2) is 79.1 Å². The van der Waals surface area contributed by atoms with Gasteiger partial charge in [-0.15, -0.1) is 0 Å². The lowest BCUT2D eigenvalue weighted by molar-refractivity contribution is -0.119. The summed E-state index contributed by atoms with van der Waals surface area (Å²) in [4.78, 5) is 42.4. The Morgan fingerprint density at radius 3 is 2.56 bits per heavy atom. The molecular weight excluding hydrogens is 432 g/mol. The average Bonchev–Trinajstić information content (AvgIpc) is 3.45. The minimum atomic E-state index is -0.481. The number of anilines is 1. The van der Waals surface area contributed by atoms with E-state index >= 15 is 0 Å². The Morgan fingerprint density at radius 2 is 1.82 bits per heavy atom. The smallest absolute Gasteiger partial charge is 0.414 e. The predicted molar refractivity (Wildman–Crippen MR) is 127 cm³/mol. The number of carbonyl (C=O) groups is 3. The number of carbonyl (C=O) groups excluding carboxylic acids is 3. The van der Waals surface area contributed by atoms with E-state index in [1.165, 1.54) is 11.8 Å². The Bertz CT molecular complexity index is 1380. The molecule has 0 aliphatic carbocycles. The molecule has 1 fully saturated rings. The molecular formula is C26H22N4O4. The Balaban J connectivity index is 1.33. The summed E-state index contributed by atoms with van der Waals surface area (Å²) in [7, 11) is 0. The van der Waals surface area contributed by atoms with Gasteiger partial charge in [-0.05, 0) is 47.5 Å². The number of hydrogen-bond donors (Lipinski definition) is 1. The summed E-state index contributed by atoms with van der Waals surface area (Å²) in [5.74, 6) is -0.347. The number of hydrogen-bond acceptors (Lipinski definition) is 5. The third kappa shape index (κ3) is 4.13. The van der Waals surface area contributed by atoms with Gasteiger partial charge in [0.15, 0.2) is 0 Å². The van der Waals surface area contributed by atoms with Crippen LogP contribution in [0.25, 0.3) is 16.8 Å². The number of cyclic esters (lactones) is 1. The fourth-order valence-electron chi connectivity index (χ4n) is 4.00. The molecule has 3 heterocycles. The summed E-state index contributed by atoms with van der Waals surface area (Å²) >= 11 is 0. The van der Waals surface area contributed by atoms with Gasteiger partial charge in [-0.3, -0.25) is 18.9 Å². The second kappa shape index (κ2) is 8.82. The van der Waals surface area contributed by atoms with Gasteiger partial charge in [-0.25, -0.2) is 9.78 Å². The van der Waals surface area contributed by atoms with E-state index in [0.29, 0.717) is 29.1 Å². The summed E-state index contributed by atoms with van der Waals surface area (Å²) in [6, 6.07) is 20.7. The highest BCUT2D eigenvalue weighted by atomic mass is 16.6. The maximum Gasteiger partial charge on any atom is 0.414 e. The Kier molecular flexibility index (Phi) is 5.55. The number of amides is 2. The Hall–Kier alpha value is -4.46.